The first-order chi connectivity index (χ1) is 7.37. The lowest BCUT2D eigenvalue weighted by Crippen LogP contribution is -2.18. The highest BCUT2D eigenvalue weighted by Gasteiger charge is 2.32. The van der Waals surface area contributed by atoms with Crippen LogP contribution in [0.1, 0.15) is 11.3 Å². The van der Waals surface area contributed by atoms with E-state index in [0.29, 0.717) is 16.6 Å². The molecule has 1 rings (SSSR count). The molecule has 0 saturated carbocycles. The van der Waals surface area contributed by atoms with Crippen molar-refractivity contribution in [3.63, 3.8) is 0 Å². The van der Waals surface area contributed by atoms with Gasteiger partial charge in [-0.25, -0.2) is 4.98 Å². The van der Waals surface area contributed by atoms with Crippen molar-refractivity contribution in [2.45, 2.75) is 18.3 Å². The Morgan fingerprint density at radius 2 is 2.12 bits per heavy atom. The van der Waals surface area contributed by atoms with Crippen LogP contribution in [0.3, 0.4) is 0 Å². The van der Waals surface area contributed by atoms with Gasteiger partial charge in [-0.3, -0.25) is 0 Å². The van der Waals surface area contributed by atoms with Crippen LogP contribution in [0.2, 0.25) is 0 Å². The molecule has 0 saturated heterocycles. The van der Waals surface area contributed by atoms with Crippen molar-refractivity contribution in [2.75, 3.05) is 0 Å². The molecule has 1 aromatic rings. The molecule has 0 unspecified atom stereocenters. The topological polar surface area (TPSA) is 42.4 Å². The van der Waals surface area contributed by atoms with Crippen LogP contribution in [-0.4, -0.2) is 16.5 Å². The lowest BCUT2D eigenvalue weighted by molar-refractivity contribution is -0.275. The molecular weight excluding hydrogens is 406 g/mol. The van der Waals surface area contributed by atoms with E-state index in [4.69, 9.17) is 5.11 Å². The first-order valence-corrected chi connectivity index (χ1v) is 6.18. The quantitative estimate of drug-likeness (QED) is 0.472. The Bertz CT molecular complexity index is 386. The summed E-state index contributed by atoms with van der Waals surface area (Å²) in [7, 11) is 0. The van der Waals surface area contributed by atoms with Crippen LogP contribution in [0, 0.1) is 3.70 Å². The largest absolute Gasteiger partial charge is 0.573 e. The number of ether oxygens (including phenoxy) is 1. The monoisotopic (exact) mass is 411 g/mol. The van der Waals surface area contributed by atoms with Crippen LogP contribution in [0.4, 0.5) is 13.2 Å². The van der Waals surface area contributed by atoms with Crippen molar-refractivity contribution < 1.29 is 23.0 Å². The minimum atomic E-state index is -4.74. The third-order valence-electron chi connectivity index (χ3n) is 1.63. The van der Waals surface area contributed by atoms with Gasteiger partial charge in [-0.1, -0.05) is 15.9 Å². The molecule has 0 aromatic carbocycles. The Morgan fingerprint density at radius 3 is 2.56 bits per heavy atom. The highest BCUT2D eigenvalue weighted by Crippen LogP contribution is 2.29. The van der Waals surface area contributed by atoms with Crippen LogP contribution in [0.15, 0.2) is 6.07 Å². The van der Waals surface area contributed by atoms with Crippen LogP contribution in [0.5, 0.6) is 5.75 Å². The number of aliphatic hydroxyl groups excluding tert-OH is 1. The molecule has 1 N–H and O–H groups in total. The Labute approximate surface area is 111 Å². The smallest absolute Gasteiger partial charge is 0.403 e. The van der Waals surface area contributed by atoms with Crippen molar-refractivity contribution in [3.8, 4) is 5.75 Å². The van der Waals surface area contributed by atoms with E-state index < -0.39 is 6.36 Å². The lowest BCUT2D eigenvalue weighted by Gasteiger charge is -2.12. The second kappa shape index (κ2) is 5.50. The summed E-state index contributed by atoms with van der Waals surface area (Å²) < 4.78 is 39.9. The maximum absolute atomic E-state index is 12.0. The first-order valence-electron chi connectivity index (χ1n) is 3.98. The number of hydrogen-bond acceptors (Lipinski definition) is 3. The van der Waals surface area contributed by atoms with E-state index in [-0.39, 0.29) is 16.1 Å². The molecule has 0 aliphatic carbocycles. The fourth-order valence-corrected chi connectivity index (χ4v) is 2.04. The predicted molar refractivity (Wildman–Crippen MR) is 62.2 cm³/mol. The van der Waals surface area contributed by atoms with Crippen LogP contribution >= 0.6 is 38.5 Å². The van der Waals surface area contributed by atoms with Crippen LogP contribution in [-0.2, 0) is 11.9 Å². The number of aliphatic hydroxyl groups is 1. The molecule has 0 amide bonds. The molecule has 16 heavy (non-hydrogen) atoms. The van der Waals surface area contributed by atoms with Crippen molar-refractivity contribution in [1.29, 1.82) is 0 Å². The number of alkyl halides is 4. The number of halogens is 5. The van der Waals surface area contributed by atoms with E-state index in [1.165, 1.54) is 6.07 Å². The van der Waals surface area contributed by atoms with Gasteiger partial charge in [0.05, 0.1) is 12.3 Å². The predicted octanol–water partition coefficient (Wildman–Crippen LogP) is 2.97. The molecule has 1 heterocycles. The number of aromatic nitrogens is 1. The van der Waals surface area contributed by atoms with Gasteiger partial charge in [0.15, 0.2) is 5.75 Å². The molecule has 0 aliphatic heterocycles. The fourth-order valence-electron chi connectivity index (χ4n) is 0.995. The zero-order valence-corrected chi connectivity index (χ0v) is 11.4. The normalized spacial score (nSPS) is 11.6. The van der Waals surface area contributed by atoms with E-state index in [1.54, 1.807) is 22.6 Å². The summed E-state index contributed by atoms with van der Waals surface area (Å²) >= 11 is 4.72. The van der Waals surface area contributed by atoms with Gasteiger partial charge in [0.25, 0.3) is 0 Å². The van der Waals surface area contributed by atoms with Gasteiger partial charge >= 0.3 is 6.36 Å². The maximum Gasteiger partial charge on any atom is 0.573 e. The molecule has 0 spiro atoms. The second-order valence-electron chi connectivity index (χ2n) is 2.72. The average Bonchev–Trinajstić information content (AvgIpc) is 2.18. The highest BCUT2D eigenvalue weighted by molar-refractivity contribution is 14.1. The zero-order valence-electron chi connectivity index (χ0n) is 7.68. The molecular formula is C8H6BrF3INO2. The molecule has 8 heteroatoms. The maximum atomic E-state index is 12.0. The average molecular weight is 412 g/mol. The van der Waals surface area contributed by atoms with Crippen molar-refractivity contribution in [2.24, 2.45) is 0 Å². The second-order valence-corrected chi connectivity index (χ2v) is 4.31. The van der Waals surface area contributed by atoms with Gasteiger partial charge in [0.1, 0.15) is 3.70 Å². The van der Waals surface area contributed by atoms with Crippen molar-refractivity contribution >= 4 is 38.5 Å². The van der Waals surface area contributed by atoms with Gasteiger partial charge in [0, 0.05) is 5.33 Å². The van der Waals surface area contributed by atoms with Gasteiger partial charge in [-0.2, -0.15) is 0 Å². The van der Waals surface area contributed by atoms with E-state index in [1.807, 2.05) is 0 Å². The Morgan fingerprint density at radius 1 is 1.50 bits per heavy atom. The third-order valence-corrected chi connectivity index (χ3v) is 3.01. The lowest BCUT2D eigenvalue weighted by atomic mass is 10.2. The SMILES string of the molecule is OCc1nc(I)c(OC(F)(F)F)cc1CBr. The standard InChI is InChI=1S/C8H6BrF3INO2/c9-2-4-1-6(16-8(10,11)12)7(13)14-5(4)3-15/h1,15H,2-3H2. The van der Waals surface area contributed by atoms with Crippen LogP contribution < -0.4 is 4.74 Å². The molecule has 3 nitrogen and oxygen atoms in total. The van der Waals surface area contributed by atoms with E-state index in [2.05, 4.69) is 25.7 Å². The molecule has 0 aliphatic rings. The molecule has 90 valence electrons. The summed E-state index contributed by atoms with van der Waals surface area (Å²) in [5, 5.41) is 9.24. The molecule has 0 radical (unpaired) electrons. The zero-order chi connectivity index (χ0) is 12.3. The summed E-state index contributed by atoms with van der Waals surface area (Å²) in [4.78, 5) is 3.83. The third kappa shape index (κ3) is 3.74. The van der Waals surface area contributed by atoms with Crippen molar-refractivity contribution in [3.05, 3.63) is 21.0 Å². The Hall–Kier alpha value is -0.0900. The molecule has 0 bridgehead atoms. The minimum absolute atomic E-state index is 0.0590. The minimum Gasteiger partial charge on any atom is -0.403 e. The Kier molecular flexibility index (Phi) is 4.80. The van der Waals surface area contributed by atoms with E-state index in [9.17, 15) is 13.2 Å². The van der Waals surface area contributed by atoms with E-state index >= 15 is 0 Å². The fraction of sp³-hybridized carbons (Fsp3) is 0.375. The Balaban J connectivity index is 3.11. The number of hydrogen-bond donors (Lipinski definition) is 1. The first kappa shape index (κ1) is 14.0. The summed E-state index contributed by atoms with van der Waals surface area (Å²) in [6.45, 7) is -0.330. The number of pyridine rings is 1. The van der Waals surface area contributed by atoms with E-state index in [0.717, 1.165) is 0 Å². The van der Waals surface area contributed by atoms with Gasteiger partial charge < -0.3 is 9.84 Å². The summed E-state index contributed by atoms with van der Waals surface area (Å²) in [5.41, 5.74) is 0.790. The summed E-state index contributed by atoms with van der Waals surface area (Å²) in [5.74, 6) is -0.361. The van der Waals surface area contributed by atoms with Gasteiger partial charge in [-0.05, 0) is 34.2 Å². The van der Waals surface area contributed by atoms with Crippen LogP contribution in [0.25, 0.3) is 0 Å². The number of rotatable bonds is 3. The van der Waals surface area contributed by atoms with Gasteiger partial charge in [-0.15, -0.1) is 13.2 Å². The highest BCUT2D eigenvalue weighted by atomic mass is 127. The summed E-state index contributed by atoms with van der Waals surface area (Å²) in [6, 6.07) is 1.21. The summed E-state index contributed by atoms with van der Waals surface area (Å²) in [6.07, 6.45) is -4.74. The van der Waals surface area contributed by atoms with Gasteiger partial charge in [0.2, 0.25) is 0 Å². The molecule has 0 fully saturated rings. The number of nitrogens with zero attached hydrogens (tertiary/aromatic N) is 1. The molecule has 1 aromatic heterocycles. The molecule has 0 atom stereocenters. The van der Waals surface area contributed by atoms with Crippen molar-refractivity contribution in [1.82, 2.24) is 4.98 Å².